The number of hydrogen-bond donors (Lipinski definition) is 1. The van der Waals surface area contributed by atoms with Gasteiger partial charge in [0.1, 0.15) is 5.75 Å². The Morgan fingerprint density at radius 2 is 2.12 bits per heavy atom. The van der Waals surface area contributed by atoms with Gasteiger partial charge in [-0.3, -0.25) is 0 Å². The van der Waals surface area contributed by atoms with Crippen molar-refractivity contribution in [3.8, 4) is 5.75 Å². The Morgan fingerprint density at radius 1 is 1.38 bits per heavy atom. The molecule has 0 aliphatic carbocycles. The second-order valence-corrected chi connectivity index (χ2v) is 4.54. The molecule has 0 aliphatic heterocycles. The van der Waals surface area contributed by atoms with Crippen molar-refractivity contribution in [1.29, 1.82) is 0 Å². The first-order valence-electron chi connectivity index (χ1n) is 5.85. The van der Waals surface area contributed by atoms with Crippen molar-refractivity contribution in [1.82, 2.24) is 0 Å². The summed E-state index contributed by atoms with van der Waals surface area (Å²) in [7, 11) is 0. The van der Waals surface area contributed by atoms with Crippen LogP contribution in [0.3, 0.4) is 0 Å². The number of anilines is 1. The maximum Gasteiger partial charge on any atom is 0.142 e. The van der Waals surface area contributed by atoms with Crippen LogP contribution in [0.25, 0.3) is 0 Å². The molecular weight excluding hydrogens is 222 g/mol. The van der Waals surface area contributed by atoms with Crippen molar-refractivity contribution in [3.63, 3.8) is 0 Å². The van der Waals surface area contributed by atoms with Gasteiger partial charge in [-0.1, -0.05) is 31.4 Å². The van der Waals surface area contributed by atoms with Crippen LogP contribution in [0, 0.1) is 0 Å². The van der Waals surface area contributed by atoms with E-state index in [1.165, 1.54) is 19.3 Å². The molecule has 0 aromatic heterocycles. The lowest BCUT2D eigenvalue weighted by Gasteiger charge is -2.16. The molecule has 0 bridgehead atoms. The first-order valence-corrected chi connectivity index (χ1v) is 6.23. The summed E-state index contributed by atoms with van der Waals surface area (Å²) < 4.78 is 5.76. The Kier molecular flexibility index (Phi) is 5.47. The lowest BCUT2D eigenvalue weighted by molar-refractivity contribution is 0.208. The van der Waals surface area contributed by atoms with Gasteiger partial charge in [0.05, 0.1) is 11.8 Å². The summed E-state index contributed by atoms with van der Waals surface area (Å²) in [5, 5.41) is 0.642. The first-order chi connectivity index (χ1) is 7.63. The molecule has 0 amide bonds. The molecule has 90 valence electrons. The minimum Gasteiger partial charge on any atom is -0.489 e. The molecule has 0 unspecified atom stereocenters. The van der Waals surface area contributed by atoms with Gasteiger partial charge in [-0.15, -0.1) is 0 Å². The van der Waals surface area contributed by atoms with E-state index >= 15 is 0 Å². The molecule has 0 saturated heterocycles. The van der Waals surface area contributed by atoms with Crippen molar-refractivity contribution >= 4 is 17.3 Å². The average molecular weight is 242 g/mol. The normalized spacial score (nSPS) is 12.4. The predicted molar refractivity (Wildman–Crippen MR) is 70.1 cm³/mol. The molecular formula is C13H20ClNO. The zero-order chi connectivity index (χ0) is 12.0. The highest BCUT2D eigenvalue weighted by molar-refractivity contribution is 6.30. The molecule has 0 heterocycles. The van der Waals surface area contributed by atoms with Crippen LogP contribution >= 0.6 is 11.6 Å². The van der Waals surface area contributed by atoms with E-state index in [0.717, 1.165) is 12.2 Å². The number of rotatable bonds is 6. The van der Waals surface area contributed by atoms with Crippen molar-refractivity contribution in [3.05, 3.63) is 23.2 Å². The molecule has 0 saturated carbocycles. The Hall–Kier alpha value is -0.890. The number of benzene rings is 1. The van der Waals surface area contributed by atoms with E-state index in [9.17, 15) is 0 Å². The fourth-order valence-corrected chi connectivity index (χ4v) is 1.76. The molecule has 0 radical (unpaired) electrons. The fourth-order valence-electron chi connectivity index (χ4n) is 1.58. The summed E-state index contributed by atoms with van der Waals surface area (Å²) in [4.78, 5) is 0. The molecule has 1 aromatic rings. The van der Waals surface area contributed by atoms with Gasteiger partial charge in [-0.2, -0.15) is 0 Å². The first kappa shape index (κ1) is 13.2. The summed E-state index contributed by atoms with van der Waals surface area (Å²) in [5.74, 6) is 0.730. The van der Waals surface area contributed by atoms with Gasteiger partial charge in [-0.05, 0) is 38.0 Å². The zero-order valence-corrected chi connectivity index (χ0v) is 10.8. The van der Waals surface area contributed by atoms with Gasteiger partial charge in [0.25, 0.3) is 0 Å². The van der Waals surface area contributed by atoms with Crippen LogP contribution in [0.1, 0.15) is 39.5 Å². The summed E-state index contributed by atoms with van der Waals surface area (Å²) in [5.41, 5.74) is 6.42. The second kappa shape index (κ2) is 6.64. The van der Waals surface area contributed by atoms with Gasteiger partial charge in [0.15, 0.2) is 0 Å². The third-order valence-corrected chi connectivity index (χ3v) is 2.75. The van der Waals surface area contributed by atoms with E-state index in [1.54, 1.807) is 12.1 Å². The van der Waals surface area contributed by atoms with Crippen molar-refractivity contribution in [2.45, 2.75) is 45.6 Å². The smallest absolute Gasteiger partial charge is 0.142 e. The van der Waals surface area contributed by atoms with E-state index in [2.05, 4.69) is 13.8 Å². The minimum atomic E-state index is 0.204. The van der Waals surface area contributed by atoms with Gasteiger partial charge in [-0.25, -0.2) is 0 Å². The maximum absolute atomic E-state index is 5.82. The largest absolute Gasteiger partial charge is 0.489 e. The van der Waals surface area contributed by atoms with Crippen molar-refractivity contribution in [2.24, 2.45) is 0 Å². The number of unbranched alkanes of at least 4 members (excludes halogenated alkanes) is 2. The minimum absolute atomic E-state index is 0.204. The Morgan fingerprint density at radius 3 is 2.75 bits per heavy atom. The zero-order valence-electron chi connectivity index (χ0n) is 10.0. The van der Waals surface area contributed by atoms with Crippen LogP contribution in [0.4, 0.5) is 5.69 Å². The highest BCUT2D eigenvalue weighted by Gasteiger charge is 2.06. The lowest BCUT2D eigenvalue weighted by atomic mass is 10.1. The third-order valence-electron chi connectivity index (χ3n) is 2.51. The van der Waals surface area contributed by atoms with Crippen LogP contribution in [0.2, 0.25) is 5.02 Å². The van der Waals surface area contributed by atoms with Crippen LogP contribution in [0.15, 0.2) is 18.2 Å². The summed E-state index contributed by atoms with van der Waals surface area (Å²) in [6.07, 6.45) is 4.95. The molecule has 1 rings (SSSR count). The monoisotopic (exact) mass is 241 g/mol. The fraction of sp³-hybridized carbons (Fsp3) is 0.538. The van der Waals surface area contributed by atoms with Crippen LogP contribution in [-0.2, 0) is 0 Å². The van der Waals surface area contributed by atoms with E-state index in [0.29, 0.717) is 10.7 Å². The molecule has 3 heteroatoms. The predicted octanol–water partition coefficient (Wildman–Crippen LogP) is 4.27. The highest BCUT2D eigenvalue weighted by Crippen LogP contribution is 2.26. The van der Waals surface area contributed by atoms with Crippen molar-refractivity contribution in [2.75, 3.05) is 5.73 Å². The molecule has 1 atom stereocenters. The molecule has 2 nitrogen and oxygen atoms in total. The van der Waals surface area contributed by atoms with Gasteiger partial charge < -0.3 is 10.5 Å². The molecule has 2 N–H and O–H groups in total. The lowest BCUT2D eigenvalue weighted by Crippen LogP contribution is -2.12. The van der Waals surface area contributed by atoms with E-state index in [-0.39, 0.29) is 6.10 Å². The summed E-state index contributed by atoms with van der Waals surface area (Å²) in [6, 6.07) is 5.34. The van der Waals surface area contributed by atoms with Gasteiger partial charge in [0.2, 0.25) is 0 Å². The average Bonchev–Trinajstić information content (AvgIpc) is 2.23. The van der Waals surface area contributed by atoms with E-state index < -0.39 is 0 Å². The molecule has 0 spiro atoms. The molecule has 0 aliphatic rings. The number of hydrogen-bond acceptors (Lipinski definition) is 2. The SMILES string of the molecule is CCCCC[C@@H](C)Oc1ccc(Cl)cc1N. The molecule has 0 fully saturated rings. The number of ether oxygens (including phenoxy) is 1. The van der Waals surface area contributed by atoms with Crippen LogP contribution in [0.5, 0.6) is 5.75 Å². The summed E-state index contributed by atoms with van der Waals surface area (Å²) in [6.45, 7) is 4.27. The molecule has 16 heavy (non-hydrogen) atoms. The van der Waals surface area contributed by atoms with Crippen LogP contribution < -0.4 is 10.5 Å². The molecule has 1 aromatic carbocycles. The second-order valence-electron chi connectivity index (χ2n) is 4.11. The van der Waals surface area contributed by atoms with Gasteiger partial charge >= 0.3 is 0 Å². The number of nitrogen functional groups attached to an aromatic ring is 1. The Bertz CT molecular complexity index is 328. The van der Waals surface area contributed by atoms with Crippen LogP contribution in [-0.4, -0.2) is 6.10 Å². The standard InChI is InChI=1S/C13H20ClNO/c1-3-4-5-6-10(2)16-13-8-7-11(14)9-12(13)15/h7-10H,3-6,15H2,1-2H3/t10-/m1/s1. The number of nitrogens with two attached hydrogens (primary N) is 1. The van der Waals surface area contributed by atoms with Crippen molar-refractivity contribution < 1.29 is 4.74 Å². The Labute approximate surface area is 103 Å². The van der Waals surface area contributed by atoms with E-state index in [1.807, 2.05) is 6.07 Å². The van der Waals surface area contributed by atoms with Gasteiger partial charge in [0, 0.05) is 5.02 Å². The third kappa shape index (κ3) is 4.31. The quantitative estimate of drug-likeness (QED) is 0.596. The number of halogens is 1. The Balaban J connectivity index is 2.46. The van der Waals surface area contributed by atoms with E-state index in [4.69, 9.17) is 22.1 Å². The highest BCUT2D eigenvalue weighted by atomic mass is 35.5. The maximum atomic E-state index is 5.82. The summed E-state index contributed by atoms with van der Waals surface area (Å²) >= 11 is 5.82. The topological polar surface area (TPSA) is 35.2 Å².